The molecule has 35 heavy (non-hydrogen) atoms. The number of fused-ring (bicyclic) bond motifs is 1. The van der Waals surface area contributed by atoms with Gasteiger partial charge in [0.25, 0.3) is 5.91 Å². The summed E-state index contributed by atoms with van der Waals surface area (Å²) < 4.78 is 27.8. The molecule has 2 N–H and O–H groups in total. The highest BCUT2D eigenvalue weighted by atomic mass is 32.2. The first kappa shape index (κ1) is 24.9. The van der Waals surface area contributed by atoms with Gasteiger partial charge in [-0.15, -0.1) is 0 Å². The predicted octanol–water partition coefficient (Wildman–Crippen LogP) is 3.40. The fourth-order valence-electron chi connectivity index (χ4n) is 4.55. The van der Waals surface area contributed by atoms with E-state index in [0.717, 1.165) is 22.8 Å². The highest BCUT2D eigenvalue weighted by Crippen LogP contribution is 2.23. The van der Waals surface area contributed by atoms with Crippen LogP contribution in [0.4, 0.5) is 0 Å². The lowest BCUT2D eigenvalue weighted by Crippen LogP contribution is -2.46. The van der Waals surface area contributed by atoms with Crippen LogP contribution in [0, 0.1) is 19.8 Å². The zero-order valence-electron chi connectivity index (χ0n) is 20.1. The quantitative estimate of drug-likeness (QED) is 0.493. The van der Waals surface area contributed by atoms with Crippen molar-refractivity contribution < 1.29 is 18.0 Å². The van der Waals surface area contributed by atoms with E-state index in [9.17, 15) is 18.0 Å². The summed E-state index contributed by atoms with van der Waals surface area (Å²) in [4.78, 5) is 28.0. The Morgan fingerprint density at radius 2 is 1.77 bits per heavy atom. The van der Waals surface area contributed by atoms with Gasteiger partial charge < -0.3 is 10.2 Å². The van der Waals surface area contributed by atoms with Crippen molar-refractivity contribution in [3.63, 3.8) is 0 Å². The molecule has 1 aliphatic heterocycles. The standard InChI is InChI=1S/C27H31N3O4S/c1-19-12-13-20(2)25(17-19)35(33,34)29-15-14-28-26(31)22-9-6-16-30(18-22)27(32)24-11-5-8-21-7-3-4-10-23(21)24/h3-5,7-8,10-13,17,22,29H,6,9,14-16,18H2,1-2H3,(H,28,31). The number of carbonyl (C=O) groups excluding carboxylic acids is 2. The highest BCUT2D eigenvalue weighted by Gasteiger charge is 2.29. The molecule has 1 aliphatic rings. The number of nitrogens with one attached hydrogen (secondary N) is 2. The number of piperidine rings is 1. The Morgan fingerprint density at radius 3 is 2.60 bits per heavy atom. The first-order valence-corrected chi connectivity index (χ1v) is 13.4. The lowest BCUT2D eigenvalue weighted by molar-refractivity contribution is -0.126. The summed E-state index contributed by atoms with van der Waals surface area (Å²) in [5, 5.41) is 4.74. The van der Waals surface area contributed by atoms with Gasteiger partial charge in [0, 0.05) is 31.7 Å². The van der Waals surface area contributed by atoms with Gasteiger partial charge in [0.05, 0.1) is 10.8 Å². The average Bonchev–Trinajstić information content (AvgIpc) is 2.87. The SMILES string of the molecule is Cc1ccc(C)c(S(=O)(=O)NCCNC(=O)C2CCCN(C(=O)c3cccc4ccccc34)C2)c1. The van der Waals surface area contributed by atoms with Crippen molar-refractivity contribution in [1.29, 1.82) is 0 Å². The third-order valence-corrected chi connectivity index (χ3v) is 8.05. The van der Waals surface area contributed by atoms with Gasteiger partial charge in [-0.1, -0.05) is 48.5 Å². The molecule has 3 aromatic carbocycles. The molecule has 0 bridgehead atoms. The number of hydrogen-bond acceptors (Lipinski definition) is 4. The van der Waals surface area contributed by atoms with Crippen LogP contribution in [0.15, 0.2) is 65.6 Å². The molecule has 0 aromatic heterocycles. The average molecular weight is 494 g/mol. The summed E-state index contributed by atoms with van der Waals surface area (Å²) in [6, 6.07) is 18.8. The van der Waals surface area contributed by atoms with E-state index in [1.54, 1.807) is 24.0 Å². The Labute approximate surface area is 206 Å². The second-order valence-corrected chi connectivity index (χ2v) is 10.8. The van der Waals surface area contributed by atoms with E-state index >= 15 is 0 Å². The van der Waals surface area contributed by atoms with Gasteiger partial charge in [-0.25, -0.2) is 13.1 Å². The van der Waals surface area contributed by atoms with Crippen molar-refractivity contribution in [2.24, 2.45) is 5.92 Å². The minimum atomic E-state index is -3.66. The molecule has 0 saturated carbocycles. The molecule has 7 nitrogen and oxygen atoms in total. The number of amides is 2. The Bertz CT molecular complexity index is 1350. The summed E-state index contributed by atoms with van der Waals surface area (Å²) in [6.07, 6.45) is 1.44. The zero-order chi connectivity index (χ0) is 25.0. The van der Waals surface area contributed by atoms with Gasteiger partial charge >= 0.3 is 0 Å². The largest absolute Gasteiger partial charge is 0.354 e. The normalized spacial score (nSPS) is 16.3. The van der Waals surface area contributed by atoms with Crippen LogP contribution in [0.3, 0.4) is 0 Å². The van der Waals surface area contributed by atoms with Gasteiger partial charge in [-0.3, -0.25) is 9.59 Å². The molecule has 1 atom stereocenters. The first-order chi connectivity index (χ1) is 16.8. The molecule has 1 saturated heterocycles. The van der Waals surface area contributed by atoms with Crippen molar-refractivity contribution in [2.75, 3.05) is 26.2 Å². The van der Waals surface area contributed by atoms with Gasteiger partial charge in [0.15, 0.2) is 0 Å². The van der Waals surface area contributed by atoms with Crippen LogP contribution in [0.25, 0.3) is 10.8 Å². The number of likely N-dealkylation sites (tertiary alicyclic amines) is 1. The molecule has 0 aliphatic carbocycles. The van der Waals surface area contributed by atoms with Crippen molar-refractivity contribution in [3.05, 3.63) is 77.4 Å². The van der Waals surface area contributed by atoms with Gasteiger partial charge in [0.2, 0.25) is 15.9 Å². The van der Waals surface area contributed by atoms with Crippen molar-refractivity contribution in [2.45, 2.75) is 31.6 Å². The molecule has 2 amide bonds. The highest BCUT2D eigenvalue weighted by molar-refractivity contribution is 7.89. The van der Waals surface area contributed by atoms with Gasteiger partial charge in [-0.2, -0.15) is 0 Å². The molecular weight excluding hydrogens is 462 g/mol. The Kier molecular flexibility index (Phi) is 7.52. The second kappa shape index (κ2) is 10.6. The number of sulfonamides is 1. The van der Waals surface area contributed by atoms with Crippen molar-refractivity contribution in [3.8, 4) is 0 Å². The molecule has 8 heteroatoms. The third-order valence-electron chi connectivity index (χ3n) is 6.45. The number of aryl methyl sites for hydroxylation is 2. The lowest BCUT2D eigenvalue weighted by atomic mass is 9.95. The van der Waals surface area contributed by atoms with E-state index in [4.69, 9.17) is 0 Å². The van der Waals surface area contributed by atoms with Crippen LogP contribution in [0.2, 0.25) is 0 Å². The third kappa shape index (κ3) is 5.71. The maximum Gasteiger partial charge on any atom is 0.254 e. The molecule has 0 radical (unpaired) electrons. The fourth-order valence-corrected chi connectivity index (χ4v) is 5.91. The minimum absolute atomic E-state index is 0.0689. The summed E-state index contributed by atoms with van der Waals surface area (Å²) >= 11 is 0. The first-order valence-electron chi connectivity index (χ1n) is 11.9. The summed E-state index contributed by atoms with van der Waals surface area (Å²) in [7, 11) is -3.66. The van der Waals surface area contributed by atoms with Crippen LogP contribution in [-0.4, -0.2) is 51.3 Å². The minimum Gasteiger partial charge on any atom is -0.354 e. The molecule has 4 rings (SSSR count). The van der Waals surface area contributed by atoms with E-state index in [1.165, 1.54) is 0 Å². The Balaban J connectivity index is 1.32. The van der Waals surface area contributed by atoms with Crippen LogP contribution in [0.1, 0.15) is 34.3 Å². The second-order valence-electron chi connectivity index (χ2n) is 9.07. The molecule has 1 unspecified atom stereocenters. The topological polar surface area (TPSA) is 95.6 Å². The van der Waals surface area contributed by atoms with Crippen LogP contribution in [0.5, 0.6) is 0 Å². The zero-order valence-corrected chi connectivity index (χ0v) is 20.9. The molecule has 3 aromatic rings. The summed E-state index contributed by atoms with van der Waals surface area (Å²) in [5.41, 5.74) is 2.18. The number of rotatable bonds is 7. The monoisotopic (exact) mass is 493 g/mol. The van der Waals surface area contributed by atoms with E-state index < -0.39 is 10.0 Å². The number of benzene rings is 3. The fraction of sp³-hybridized carbons (Fsp3) is 0.333. The van der Waals surface area contributed by atoms with Crippen LogP contribution >= 0.6 is 0 Å². The number of hydrogen-bond donors (Lipinski definition) is 2. The molecule has 184 valence electrons. The van der Waals surface area contributed by atoms with Crippen molar-refractivity contribution >= 4 is 32.6 Å². The lowest BCUT2D eigenvalue weighted by Gasteiger charge is -2.32. The number of carbonyl (C=O) groups is 2. The maximum absolute atomic E-state index is 13.3. The Morgan fingerprint density at radius 1 is 1.00 bits per heavy atom. The number of nitrogens with zero attached hydrogens (tertiary/aromatic N) is 1. The van der Waals surface area contributed by atoms with Gasteiger partial charge in [-0.05, 0) is 60.7 Å². The molecular formula is C27H31N3O4S. The van der Waals surface area contributed by atoms with Crippen molar-refractivity contribution in [1.82, 2.24) is 14.9 Å². The van der Waals surface area contributed by atoms with Gasteiger partial charge in [0.1, 0.15) is 0 Å². The van der Waals surface area contributed by atoms with E-state index in [1.807, 2.05) is 55.5 Å². The Hall–Kier alpha value is -3.23. The summed E-state index contributed by atoms with van der Waals surface area (Å²) in [6.45, 7) is 4.83. The molecule has 0 spiro atoms. The van der Waals surface area contributed by atoms with Crippen LogP contribution < -0.4 is 10.0 Å². The van der Waals surface area contributed by atoms with E-state index in [0.29, 0.717) is 30.6 Å². The summed E-state index contributed by atoms with van der Waals surface area (Å²) in [5.74, 6) is -0.551. The maximum atomic E-state index is 13.3. The predicted molar refractivity (Wildman–Crippen MR) is 137 cm³/mol. The van der Waals surface area contributed by atoms with E-state index in [-0.39, 0.29) is 35.7 Å². The molecule has 1 heterocycles. The van der Waals surface area contributed by atoms with E-state index in [2.05, 4.69) is 10.0 Å². The van der Waals surface area contributed by atoms with Crippen LogP contribution in [-0.2, 0) is 14.8 Å². The smallest absolute Gasteiger partial charge is 0.254 e. The molecule has 1 fully saturated rings.